The second-order valence-electron chi connectivity index (χ2n) is 3.22. The molecule has 1 N–H and O–H groups in total. The number of hydrogen-bond acceptors (Lipinski definition) is 0. The Morgan fingerprint density at radius 3 is 1.57 bits per heavy atom. The van der Waals surface area contributed by atoms with Crippen LogP contribution in [0.3, 0.4) is 0 Å². The van der Waals surface area contributed by atoms with Crippen molar-refractivity contribution in [2.45, 2.75) is 0 Å². The number of benzene rings is 2. The topological polar surface area (TPSA) is 15.8 Å². The molecule has 0 aliphatic heterocycles. The van der Waals surface area contributed by atoms with Crippen molar-refractivity contribution in [3.63, 3.8) is 0 Å². The number of H-pyrrole nitrogens is 1. The predicted molar refractivity (Wildman–Crippen MR) is 63.0 cm³/mol. The van der Waals surface area contributed by atoms with E-state index in [2.05, 4.69) is 53.5 Å². The standard InChI is InChI=1S/C12H9N.Cs.H/c1-3-7-11-9(5-1)10-6-2-4-8-12(10)13-11;;/h1-8,13H;;. The first-order valence-electron chi connectivity index (χ1n) is 4.40. The van der Waals surface area contributed by atoms with E-state index in [1.807, 2.05) is 0 Å². The predicted octanol–water partition coefficient (Wildman–Crippen LogP) is 2.67. The summed E-state index contributed by atoms with van der Waals surface area (Å²) in [5, 5.41) is 2.61. The summed E-state index contributed by atoms with van der Waals surface area (Å²) in [5.41, 5.74) is 2.42. The molecule has 0 bridgehead atoms. The summed E-state index contributed by atoms with van der Waals surface area (Å²) in [4.78, 5) is 3.38. The molecule has 2 aromatic carbocycles. The smallest absolute Gasteiger partial charge is 0.0464 e. The van der Waals surface area contributed by atoms with E-state index < -0.39 is 0 Å². The Kier molecular flexibility index (Phi) is 3.42. The van der Waals surface area contributed by atoms with Gasteiger partial charge in [-0.1, -0.05) is 36.4 Å². The third kappa shape index (κ3) is 1.71. The number of nitrogens with one attached hydrogen (secondary N) is 1. The molecule has 0 aliphatic rings. The van der Waals surface area contributed by atoms with Gasteiger partial charge in [-0.05, 0) is 12.1 Å². The molecule has 0 spiro atoms. The molecule has 1 nitrogen and oxygen atoms in total. The van der Waals surface area contributed by atoms with Crippen LogP contribution in [0.5, 0.6) is 0 Å². The number of aromatic amines is 1. The van der Waals surface area contributed by atoms with Gasteiger partial charge in [0.05, 0.1) is 0 Å². The van der Waals surface area contributed by atoms with Crippen molar-refractivity contribution in [3.8, 4) is 0 Å². The Morgan fingerprint density at radius 1 is 0.643 bits per heavy atom. The van der Waals surface area contributed by atoms with Crippen LogP contribution in [-0.2, 0) is 0 Å². The average Bonchev–Trinajstić information content (AvgIpc) is 2.56. The minimum atomic E-state index is 0. The molecule has 0 saturated carbocycles. The first-order valence-corrected chi connectivity index (χ1v) is 4.40. The Labute approximate surface area is 141 Å². The van der Waals surface area contributed by atoms with Gasteiger partial charge < -0.3 is 4.98 Å². The van der Waals surface area contributed by atoms with Gasteiger partial charge in [0, 0.05) is 21.8 Å². The molecule has 0 unspecified atom stereocenters. The Bertz CT molecular complexity index is 518. The molecule has 3 rings (SSSR count). The number of fused-ring (bicyclic) bond motifs is 3. The molecule has 0 fully saturated rings. The van der Waals surface area contributed by atoms with E-state index in [0.717, 1.165) is 0 Å². The molecule has 0 atom stereocenters. The summed E-state index contributed by atoms with van der Waals surface area (Å²) in [5.74, 6) is 0. The van der Waals surface area contributed by atoms with Crippen LogP contribution in [0.2, 0.25) is 0 Å². The second-order valence-corrected chi connectivity index (χ2v) is 3.22. The zero-order chi connectivity index (χ0) is 8.67. The van der Waals surface area contributed by atoms with E-state index in [9.17, 15) is 0 Å². The SMILES string of the molecule is [CsH].c1ccc2c(c1)[nH]c1ccccc12. The molecule has 0 saturated heterocycles. The van der Waals surface area contributed by atoms with Gasteiger partial charge in [0.25, 0.3) is 0 Å². The Hall–Kier alpha value is 0.292. The van der Waals surface area contributed by atoms with Crippen molar-refractivity contribution < 1.29 is 0 Å². The van der Waals surface area contributed by atoms with Crippen molar-refractivity contribution >= 4 is 90.7 Å². The average molecular weight is 301 g/mol. The molecule has 2 heteroatoms. The summed E-state index contributed by atoms with van der Waals surface area (Å²) in [6.45, 7) is 0. The first kappa shape index (κ1) is 10.8. The van der Waals surface area contributed by atoms with E-state index in [1.54, 1.807) is 0 Å². The van der Waals surface area contributed by atoms with E-state index in [-0.39, 0.29) is 68.9 Å². The number of para-hydroxylation sites is 2. The fraction of sp³-hybridized carbons (Fsp3) is 0. The minimum Gasteiger partial charge on any atom is -0.355 e. The summed E-state index contributed by atoms with van der Waals surface area (Å²) in [6, 6.07) is 16.8. The monoisotopic (exact) mass is 301 g/mol. The Morgan fingerprint density at radius 2 is 1.07 bits per heavy atom. The normalized spacial score (nSPS) is 10.3. The maximum Gasteiger partial charge on any atom is 0.0464 e. The number of aromatic nitrogens is 1. The molecule has 3 aromatic rings. The maximum absolute atomic E-state index is 3.38. The number of hydrogen-bond donors (Lipinski definition) is 1. The third-order valence-corrected chi connectivity index (χ3v) is 2.41. The fourth-order valence-corrected chi connectivity index (χ4v) is 1.80. The first-order chi connectivity index (χ1) is 6.45. The zero-order valence-electron chi connectivity index (χ0n) is 7.12. The van der Waals surface area contributed by atoms with Crippen molar-refractivity contribution in [2.24, 2.45) is 0 Å². The third-order valence-electron chi connectivity index (χ3n) is 2.41. The van der Waals surface area contributed by atoms with Crippen molar-refractivity contribution in [2.75, 3.05) is 0 Å². The van der Waals surface area contributed by atoms with Gasteiger partial charge in [0.1, 0.15) is 0 Å². The van der Waals surface area contributed by atoms with Crippen LogP contribution in [0.25, 0.3) is 21.8 Å². The molecule has 1 aromatic heterocycles. The van der Waals surface area contributed by atoms with Gasteiger partial charge >= 0.3 is 68.9 Å². The molecule has 0 amide bonds. The second kappa shape index (κ2) is 4.43. The summed E-state index contributed by atoms with van der Waals surface area (Å²) in [6.07, 6.45) is 0. The fourth-order valence-electron chi connectivity index (χ4n) is 1.80. The van der Waals surface area contributed by atoms with E-state index in [1.165, 1.54) is 21.8 Å². The molecule has 1 heterocycles. The van der Waals surface area contributed by atoms with E-state index in [4.69, 9.17) is 0 Å². The van der Waals surface area contributed by atoms with Crippen LogP contribution in [0.15, 0.2) is 48.5 Å². The molecule has 64 valence electrons. The van der Waals surface area contributed by atoms with Gasteiger partial charge in [0.2, 0.25) is 0 Å². The zero-order valence-corrected chi connectivity index (χ0v) is 7.12. The summed E-state index contributed by atoms with van der Waals surface area (Å²) in [7, 11) is 0. The van der Waals surface area contributed by atoms with Gasteiger partial charge in [-0.15, -0.1) is 0 Å². The van der Waals surface area contributed by atoms with Gasteiger partial charge in [-0.25, -0.2) is 0 Å². The van der Waals surface area contributed by atoms with E-state index in [0.29, 0.717) is 0 Å². The van der Waals surface area contributed by atoms with Crippen molar-refractivity contribution in [1.29, 1.82) is 0 Å². The Balaban J connectivity index is 0.000000750. The molecular formula is C12H10CsN. The summed E-state index contributed by atoms with van der Waals surface area (Å²) < 4.78 is 0. The summed E-state index contributed by atoms with van der Waals surface area (Å²) >= 11 is 0. The molecular weight excluding hydrogens is 291 g/mol. The van der Waals surface area contributed by atoms with Crippen molar-refractivity contribution in [3.05, 3.63) is 48.5 Å². The van der Waals surface area contributed by atoms with Gasteiger partial charge in [-0.2, -0.15) is 0 Å². The van der Waals surface area contributed by atoms with Crippen LogP contribution in [0.4, 0.5) is 0 Å². The van der Waals surface area contributed by atoms with Crippen molar-refractivity contribution in [1.82, 2.24) is 4.98 Å². The van der Waals surface area contributed by atoms with Crippen LogP contribution in [0.1, 0.15) is 0 Å². The van der Waals surface area contributed by atoms with Crippen LogP contribution >= 0.6 is 0 Å². The largest absolute Gasteiger partial charge is 0.355 e. The molecule has 14 heavy (non-hydrogen) atoms. The van der Waals surface area contributed by atoms with Crippen LogP contribution in [0, 0.1) is 0 Å². The molecule has 0 radical (unpaired) electrons. The van der Waals surface area contributed by atoms with Crippen LogP contribution < -0.4 is 0 Å². The minimum absolute atomic E-state index is 0. The maximum atomic E-state index is 3.38. The van der Waals surface area contributed by atoms with Crippen LogP contribution in [-0.4, -0.2) is 73.9 Å². The van der Waals surface area contributed by atoms with E-state index >= 15 is 0 Å². The number of rotatable bonds is 0. The van der Waals surface area contributed by atoms with Gasteiger partial charge in [0.15, 0.2) is 0 Å². The quantitative estimate of drug-likeness (QED) is 0.657. The molecule has 0 aliphatic carbocycles. The van der Waals surface area contributed by atoms with Gasteiger partial charge in [-0.3, -0.25) is 0 Å².